The van der Waals surface area contributed by atoms with E-state index in [1.807, 2.05) is 6.20 Å². The molecule has 0 unspecified atom stereocenters. The molecule has 0 saturated carbocycles. The predicted molar refractivity (Wildman–Crippen MR) is 82.8 cm³/mol. The number of thioether (sulfide) groups is 1. The molecule has 0 radical (unpaired) electrons. The van der Waals surface area contributed by atoms with Crippen LogP contribution in [0.4, 0.5) is 0 Å². The molecular formula is C15H24N2O3S. The molecule has 1 N–H and O–H groups in total. The summed E-state index contributed by atoms with van der Waals surface area (Å²) in [5, 5.41) is 9.69. The van der Waals surface area contributed by atoms with Gasteiger partial charge >= 0.3 is 5.97 Å². The number of hydrogen-bond donors (Lipinski definition) is 1. The molecule has 0 bridgehead atoms. The van der Waals surface area contributed by atoms with Gasteiger partial charge in [-0.1, -0.05) is 32.5 Å². The van der Waals surface area contributed by atoms with Crippen LogP contribution in [0.5, 0.6) is 0 Å². The van der Waals surface area contributed by atoms with E-state index in [0.717, 1.165) is 37.8 Å². The Balaban J connectivity index is 2.21. The minimum atomic E-state index is -0.807. The summed E-state index contributed by atoms with van der Waals surface area (Å²) in [6.45, 7) is 9.06. The van der Waals surface area contributed by atoms with E-state index in [9.17, 15) is 4.79 Å². The topological polar surface area (TPSA) is 64.3 Å². The van der Waals surface area contributed by atoms with Crippen molar-refractivity contribution < 1.29 is 14.6 Å². The highest BCUT2D eigenvalue weighted by molar-refractivity contribution is 7.99. The zero-order chi connectivity index (χ0) is 15.5. The highest BCUT2D eigenvalue weighted by Crippen LogP contribution is 2.35. The Morgan fingerprint density at radius 3 is 2.76 bits per heavy atom. The number of hydrogen-bond acceptors (Lipinski definition) is 4. The standard InChI is InChI=1S/C15H24N2O3S/c1-11(2)12-8-16-14(21-9-13(18)19)17(12)10-15(3)4-6-20-7-5-15/h8,11H,4-7,9-10H2,1-3H3,(H,18,19). The Hall–Kier alpha value is -1.01. The maximum Gasteiger partial charge on any atom is 0.313 e. The number of carboxylic acid groups (broad SMARTS) is 1. The molecule has 5 nitrogen and oxygen atoms in total. The maximum atomic E-state index is 10.8. The van der Waals surface area contributed by atoms with Gasteiger partial charge in [0.15, 0.2) is 5.16 Å². The van der Waals surface area contributed by atoms with Crippen LogP contribution in [0, 0.1) is 5.41 Å². The Labute approximate surface area is 130 Å². The Kier molecular flexibility index (Phi) is 5.32. The lowest BCUT2D eigenvalue weighted by molar-refractivity contribution is -0.133. The number of aliphatic carboxylic acids is 1. The molecule has 2 rings (SSSR count). The fourth-order valence-corrected chi connectivity index (χ4v) is 3.34. The third-order valence-corrected chi connectivity index (χ3v) is 4.98. The average Bonchev–Trinajstić information content (AvgIpc) is 2.79. The van der Waals surface area contributed by atoms with E-state index in [0.29, 0.717) is 5.92 Å². The molecule has 1 aliphatic heterocycles. The van der Waals surface area contributed by atoms with Gasteiger partial charge in [0.1, 0.15) is 0 Å². The summed E-state index contributed by atoms with van der Waals surface area (Å²) in [7, 11) is 0. The first-order valence-electron chi connectivity index (χ1n) is 7.39. The number of rotatable bonds is 6. The second kappa shape index (κ2) is 6.83. The van der Waals surface area contributed by atoms with Gasteiger partial charge in [-0.2, -0.15) is 0 Å². The SMILES string of the molecule is CC(C)c1cnc(SCC(=O)O)n1CC1(C)CCOCC1. The first-order valence-corrected chi connectivity index (χ1v) is 8.37. The van der Waals surface area contributed by atoms with Gasteiger partial charge in [-0.15, -0.1) is 0 Å². The maximum absolute atomic E-state index is 10.8. The van der Waals surface area contributed by atoms with Crippen molar-refractivity contribution >= 4 is 17.7 Å². The molecule has 21 heavy (non-hydrogen) atoms. The van der Waals surface area contributed by atoms with Crippen molar-refractivity contribution in [1.29, 1.82) is 0 Å². The fraction of sp³-hybridized carbons (Fsp3) is 0.733. The first kappa shape index (κ1) is 16.4. The minimum Gasteiger partial charge on any atom is -0.481 e. The summed E-state index contributed by atoms with van der Waals surface area (Å²) in [4.78, 5) is 15.2. The van der Waals surface area contributed by atoms with Crippen molar-refractivity contribution in [2.24, 2.45) is 5.41 Å². The predicted octanol–water partition coefficient (Wildman–Crippen LogP) is 3.00. The van der Waals surface area contributed by atoms with Crippen molar-refractivity contribution in [2.75, 3.05) is 19.0 Å². The molecule has 0 amide bonds. The molecular weight excluding hydrogens is 288 g/mol. The third-order valence-electron chi connectivity index (χ3n) is 4.01. The molecule has 2 heterocycles. The van der Waals surface area contributed by atoms with E-state index < -0.39 is 5.97 Å². The molecule has 6 heteroatoms. The van der Waals surface area contributed by atoms with Gasteiger partial charge < -0.3 is 14.4 Å². The van der Waals surface area contributed by atoms with Crippen LogP contribution in [0.25, 0.3) is 0 Å². The quantitative estimate of drug-likeness (QED) is 0.818. The van der Waals surface area contributed by atoms with E-state index in [-0.39, 0.29) is 11.2 Å². The van der Waals surface area contributed by atoms with Crippen LogP contribution < -0.4 is 0 Å². The zero-order valence-electron chi connectivity index (χ0n) is 13.0. The number of nitrogens with zero attached hydrogens (tertiary/aromatic N) is 2. The van der Waals surface area contributed by atoms with Crippen molar-refractivity contribution in [3.05, 3.63) is 11.9 Å². The summed E-state index contributed by atoms with van der Waals surface area (Å²) < 4.78 is 7.68. The van der Waals surface area contributed by atoms with Gasteiger partial charge in [-0.3, -0.25) is 4.79 Å². The fourth-order valence-electron chi connectivity index (χ4n) is 2.64. The first-order chi connectivity index (χ1) is 9.91. The second-order valence-electron chi connectivity index (χ2n) is 6.31. The Morgan fingerprint density at radius 1 is 1.52 bits per heavy atom. The number of carbonyl (C=O) groups is 1. The lowest BCUT2D eigenvalue weighted by atomic mass is 9.82. The van der Waals surface area contributed by atoms with Gasteiger partial charge in [0, 0.05) is 31.6 Å². The monoisotopic (exact) mass is 312 g/mol. The molecule has 0 atom stereocenters. The van der Waals surface area contributed by atoms with Crippen LogP contribution in [0.1, 0.15) is 45.2 Å². The van der Waals surface area contributed by atoms with Crippen LogP contribution in [-0.4, -0.2) is 39.6 Å². The molecule has 0 aromatic carbocycles. The van der Waals surface area contributed by atoms with E-state index in [1.165, 1.54) is 17.5 Å². The van der Waals surface area contributed by atoms with E-state index >= 15 is 0 Å². The smallest absolute Gasteiger partial charge is 0.313 e. The minimum absolute atomic E-state index is 0.0500. The van der Waals surface area contributed by atoms with Crippen LogP contribution >= 0.6 is 11.8 Å². The van der Waals surface area contributed by atoms with Crippen molar-refractivity contribution in [3.63, 3.8) is 0 Å². The van der Waals surface area contributed by atoms with Crippen molar-refractivity contribution in [1.82, 2.24) is 9.55 Å². The lowest BCUT2D eigenvalue weighted by Crippen LogP contribution is -2.32. The van der Waals surface area contributed by atoms with Gasteiger partial charge in [0.05, 0.1) is 5.75 Å². The summed E-state index contributed by atoms with van der Waals surface area (Å²) in [6, 6.07) is 0. The molecule has 0 aliphatic carbocycles. The lowest BCUT2D eigenvalue weighted by Gasteiger charge is -2.35. The molecule has 1 aliphatic rings. The summed E-state index contributed by atoms with van der Waals surface area (Å²) in [6.07, 6.45) is 3.95. The summed E-state index contributed by atoms with van der Waals surface area (Å²) >= 11 is 1.30. The van der Waals surface area contributed by atoms with Gasteiger partial charge in [0.2, 0.25) is 0 Å². The summed E-state index contributed by atoms with van der Waals surface area (Å²) in [5.74, 6) is -0.382. The van der Waals surface area contributed by atoms with E-state index in [2.05, 4.69) is 30.3 Å². The molecule has 1 aromatic heterocycles. The van der Waals surface area contributed by atoms with Gasteiger partial charge in [-0.25, -0.2) is 4.98 Å². The Morgan fingerprint density at radius 2 is 2.19 bits per heavy atom. The zero-order valence-corrected chi connectivity index (χ0v) is 13.8. The second-order valence-corrected chi connectivity index (χ2v) is 7.25. The highest BCUT2D eigenvalue weighted by atomic mass is 32.2. The van der Waals surface area contributed by atoms with Crippen molar-refractivity contribution in [2.45, 2.75) is 51.2 Å². The molecule has 1 fully saturated rings. The van der Waals surface area contributed by atoms with Crippen LogP contribution in [0.2, 0.25) is 0 Å². The number of ether oxygens (including phenoxy) is 1. The Bertz CT molecular complexity index is 493. The third kappa shape index (κ3) is 4.23. The number of aromatic nitrogens is 2. The average molecular weight is 312 g/mol. The van der Waals surface area contributed by atoms with Crippen LogP contribution in [0.15, 0.2) is 11.4 Å². The van der Waals surface area contributed by atoms with E-state index in [4.69, 9.17) is 9.84 Å². The van der Waals surface area contributed by atoms with Crippen LogP contribution in [-0.2, 0) is 16.1 Å². The molecule has 0 spiro atoms. The van der Waals surface area contributed by atoms with Gasteiger partial charge in [0.25, 0.3) is 0 Å². The normalized spacial score (nSPS) is 18.1. The molecule has 118 valence electrons. The molecule has 1 aromatic rings. The summed E-state index contributed by atoms with van der Waals surface area (Å²) in [5.41, 5.74) is 1.37. The highest BCUT2D eigenvalue weighted by Gasteiger charge is 2.30. The van der Waals surface area contributed by atoms with E-state index in [1.54, 1.807) is 0 Å². The van der Waals surface area contributed by atoms with Crippen LogP contribution in [0.3, 0.4) is 0 Å². The van der Waals surface area contributed by atoms with Crippen molar-refractivity contribution in [3.8, 4) is 0 Å². The number of imidazole rings is 1. The molecule has 1 saturated heterocycles. The largest absolute Gasteiger partial charge is 0.481 e. The van der Waals surface area contributed by atoms with Gasteiger partial charge in [-0.05, 0) is 24.2 Å². The number of carboxylic acids is 1.